The van der Waals surface area contributed by atoms with Gasteiger partial charge in [0.2, 0.25) is 0 Å². The van der Waals surface area contributed by atoms with Gasteiger partial charge in [-0.15, -0.1) is 4.73 Å². The summed E-state index contributed by atoms with van der Waals surface area (Å²) in [4.78, 5) is 0. The molecule has 0 saturated heterocycles. The number of aromatic nitrogens is 1. The van der Waals surface area contributed by atoms with E-state index in [-0.39, 0.29) is 10.6 Å². The van der Waals surface area contributed by atoms with Crippen molar-refractivity contribution in [2.45, 2.75) is 13.1 Å². The van der Waals surface area contributed by atoms with Gasteiger partial charge in [-0.25, -0.2) is 0 Å². The molecule has 0 aliphatic carbocycles. The van der Waals surface area contributed by atoms with Gasteiger partial charge in [-0.3, -0.25) is 0 Å². The lowest BCUT2D eigenvalue weighted by Crippen LogP contribution is -2.31. The van der Waals surface area contributed by atoms with E-state index in [0.717, 1.165) is 6.20 Å². The van der Waals surface area contributed by atoms with Crippen molar-refractivity contribution in [2.75, 3.05) is 6.61 Å². The summed E-state index contributed by atoms with van der Waals surface area (Å²) < 4.78 is 39.8. The Morgan fingerprint density at radius 3 is 2.71 bits per heavy atom. The van der Waals surface area contributed by atoms with Gasteiger partial charge in [0.25, 0.3) is 0 Å². The smallest absolute Gasteiger partial charge is 0.422 e. The van der Waals surface area contributed by atoms with Gasteiger partial charge in [-0.1, -0.05) is 0 Å². The van der Waals surface area contributed by atoms with Crippen molar-refractivity contribution >= 4 is 0 Å². The van der Waals surface area contributed by atoms with E-state index in [1.54, 1.807) is 6.92 Å². The van der Waals surface area contributed by atoms with Crippen LogP contribution in [0.15, 0.2) is 18.3 Å². The predicted molar refractivity (Wildman–Crippen MR) is 41.7 cm³/mol. The van der Waals surface area contributed by atoms with E-state index in [1.165, 1.54) is 12.1 Å². The first-order valence-corrected chi connectivity index (χ1v) is 3.78. The summed E-state index contributed by atoms with van der Waals surface area (Å²) in [6, 6.07) is 2.73. The number of hydrogen-bond acceptors (Lipinski definition) is 2. The maximum absolute atomic E-state index is 11.7. The van der Waals surface area contributed by atoms with Gasteiger partial charge in [-0.2, -0.15) is 13.2 Å². The Morgan fingerprint density at radius 1 is 1.50 bits per heavy atom. The van der Waals surface area contributed by atoms with Crippen LogP contribution < -0.4 is 9.47 Å². The largest absolute Gasteiger partial charge is 0.616 e. The molecule has 1 heterocycles. The first kappa shape index (κ1) is 10.6. The topological polar surface area (TPSA) is 36.2 Å². The van der Waals surface area contributed by atoms with Gasteiger partial charge in [0.15, 0.2) is 12.8 Å². The van der Waals surface area contributed by atoms with Crippen LogP contribution in [0.25, 0.3) is 0 Å². The zero-order valence-electron chi connectivity index (χ0n) is 7.34. The van der Waals surface area contributed by atoms with Crippen molar-refractivity contribution in [1.29, 1.82) is 0 Å². The highest BCUT2D eigenvalue weighted by atomic mass is 19.4. The molecule has 1 rings (SSSR count). The van der Waals surface area contributed by atoms with E-state index < -0.39 is 12.8 Å². The molecule has 0 atom stereocenters. The third kappa shape index (κ3) is 3.12. The van der Waals surface area contributed by atoms with Crippen LogP contribution in [0.5, 0.6) is 5.88 Å². The highest BCUT2D eigenvalue weighted by Crippen LogP contribution is 2.16. The SMILES string of the molecule is Cc1cc[n+]([O-])c(OCC(F)(F)F)c1. The Bertz CT molecular complexity index is 325. The van der Waals surface area contributed by atoms with Crippen LogP contribution in [-0.2, 0) is 0 Å². The van der Waals surface area contributed by atoms with Crippen LogP contribution in [0.1, 0.15) is 5.56 Å². The highest BCUT2D eigenvalue weighted by molar-refractivity contribution is 5.14. The monoisotopic (exact) mass is 207 g/mol. The van der Waals surface area contributed by atoms with Gasteiger partial charge >= 0.3 is 12.1 Å². The quantitative estimate of drug-likeness (QED) is 0.545. The van der Waals surface area contributed by atoms with E-state index in [4.69, 9.17) is 0 Å². The van der Waals surface area contributed by atoms with E-state index in [9.17, 15) is 18.4 Å². The second-order valence-electron chi connectivity index (χ2n) is 2.77. The molecule has 0 amide bonds. The van der Waals surface area contributed by atoms with Crippen LogP contribution in [0.2, 0.25) is 0 Å². The molecule has 6 heteroatoms. The number of aryl methyl sites for hydroxylation is 1. The van der Waals surface area contributed by atoms with Crippen molar-refractivity contribution in [1.82, 2.24) is 0 Å². The standard InChI is InChI=1S/C8H8F3NO2/c1-6-2-3-12(13)7(4-6)14-5-8(9,10)11/h2-4H,5H2,1H3. The first-order valence-electron chi connectivity index (χ1n) is 3.78. The summed E-state index contributed by atoms with van der Waals surface area (Å²) in [5, 5.41) is 10.9. The van der Waals surface area contributed by atoms with Gasteiger partial charge in [-0.05, 0) is 12.5 Å². The molecule has 0 fully saturated rings. The van der Waals surface area contributed by atoms with E-state index in [1.807, 2.05) is 0 Å². The number of pyridine rings is 1. The van der Waals surface area contributed by atoms with Crippen molar-refractivity contribution in [3.63, 3.8) is 0 Å². The van der Waals surface area contributed by atoms with Gasteiger partial charge in [0.05, 0.1) is 6.07 Å². The van der Waals surface area contributed by atoms with Crippen LogP contribution in [0.4, 0.5) is 13.2 Å². The molecule has 0 spiro atoms. The Labute approximate surface area is 78.3 Å². The zero-order valence-corrected chi connectivity index (χ0v) is 7.34. The molecule has 0 radical (unpaired) electrons. The predicted octanol–water partition coefficient (Wildman–Crippen LogP) is 1.57. The molecule has 0 saturated carbocycles. The average Bonchev–Trinajstić information content (AvgIpc) is 2.05. The number of nitrogens with zero attached hydrogens (tertiary/aromatic N) is 1. The fourth-order valence-corrected chi connectivity index (χ4v) is 0.826. The number of halogens is 3. The number of ether oxygens (including phenoxy) is 1. The van der Waals surface area contributed by atoms with Crippen LogP contribution in [0, 0.1) is 12.1 Å². The summed E-state index contributed by atoms with van der Waals surface area (Å²) in [5.74, 6) is -0.345. The lowest BCUT2D eigenvalue weighted by Gasteiger charge is -2.08. The number of alkyl halides is 3. The summed E-state index contributed by atoms with van der Waals surface area (Å²) in [6.07, 6.45) is -3.34. The lowest BCUT2D eigenvalue weighted by molar-refractivity contribution is -0.613. The molecule has 1 aromatic heterocycles. The normalized spacial score (nSPS) is 11.4. The Hall–Kier alpha value is -1.46. The lowest BCUT2D eigenvalue weighted by atomic mass is 10.3. The summed E-state index contributed by atoms with van der Waals surface area (Å²) in [5.41, 5.74) is 0.661. The fourth-order valence-electron chi connectivity index (χ4n) is 0.826. The van der Waals surface area contributed by atoms with Crippen molar-refractivity contribution < 1.29 is 22.6 Å². The molecule has 0 aromatic carbocycles. The molecule has 0 aliphatic rings. The third-order valence-electron chi connectivity index (χ3n) is 1.42. The average molecular weight is 207 g/mol. The van der Waals surface area contributed by atoms with Crippen molar-refractivity contribution in [3.8, 4) is 5.88 Å². The zero-order chi connectivity index (χ0) is 10.8. The second kappa shape index (κ2) is 3.73. The molecule has 0 bridgehead atoms. The minimum Gasteiger partial charge on any atom is -0.616 e. The van der Waals surface area contributed by atoms with Gasteiger partial charge in [0, 0.05) is 6.07 Å². The van der Waals surface area contributed by atoms with Crippen LogP contribution >= 0.6 is 0 Å². The summed E-state index contributed by atoms with van der Waals surface area (Å²) in [6.45, 7) is 0.194. The first-order chi connectivity index (χ1) is 6.38. The minimum absolute atomic E-state index is 0.249. The number of hydrogen-bond donors (Lipinski definition) is 0. The molecule has 0 aliphatic heterocycles. The third-order valence-corrected chi connectivity index (χ3v) is 1.42. The van der Waals surface area contributed by atoms with E-state index in [0.29, 0.717) is 5.56 Å². The molecular formula is C8H8F3NO2. The fraction of sp³-hybridized carbons (Fsp3) is 0.375. The molecule has 0 N–H and O–H groups in total. The van der Waals surface area contributed by atoms with Crippen molar-refractivity contribution in [3.05, 3.63) is 29.1 Å². The molecule has 14 heavy (non-hydrogen) atoms. The molecule has 0 unspecified atom stereocenters. The van der Waals surface area contributed by atoms with Crippen LogP contribution in [-0.4, -0.2) is 12.8 Å². The van der Waals surface area contributed by atoms with E-state index in [2.05, 4.69) is 4.74 Å². The molecule has 78 valence electrons. The minimum atomic E-state index is -4.43. The second-order valence-corrected chi connectivity index (χ2v) is 2.77. The maximum atomic E-state index is 11.7. The van der Waals surface area contributed by atoms with Gasteiger partial charge in [0.1, 0.15) is 0 Å². The Kier molecular flexibility index (Phi) is 2.83. The number of rotatable bonds is 2. The van der Waals surface area contributed by atoms with Gasteiger partial charge < -0.3 is 9.94 Å². The summed E-state index contributed by atoms with van der Waals surface area (Å²) >= 11 is 0. The van der Waals surface area contributed by atoms with Crippen molar-refractivity contribution in [2.24, 2.45) is 0 Å². The molecule has 3 nitrogen and oxygen atoms in total. The maximum Gasteiger partial charge on any atom is 0.422 e. The Balaban J connectivity index is 2.72. The Morgan fingerprint density at radius 2 is 2.14 bits per heavy atom. The van der Waals surface area contributed by atoms with E-state index >= 15 is 0 Å². The molecule has 1 aromatic rings. The molecular weight excluding hydrogens is 199 g/mol. The van der Waals surface area contributed by atoms with Crippen LogP contribution in [0.3, 0.4) is 0 Å². The summed E-state index contributed by atoms with van der Waals surface area (Å²) in [7, 11) is 0. The highest BCUT2D eigenvalue weighted by Gasteiger charge is 2.29.